The van der Waals surface area contributed by atoms with Crippen molar-refractivity contribution in [2.75, 3.05) is 4.90 Å². The van der Waals surface area contributed by atoms with E-state index in [0.717, 1.165) is 16.9 Å². The summed E-state index contributed by atoms with van der Waals surface area (Å²) >= 11 is 2.50. The van der Waals surface area contributed by atoms with Crippen molar-refractivity contribution >= 4 is 39.9 Å². The molecule has 1 aromatic carbocycles. The fourth-order valence-corrected chi connectivity index (χ4v) is 5.35. The van der Waals surface area contributed by atoms with Crippen LogP contribution in [-0.2, 0) is 10.5 Å². The predicted octanol–water partition coefficient (Wildman–Crippen LogP) is 5.25. The first kappa shape index (κ1) is 22.1. The largest absolute Gasteiger partial charge is 0.503 e. The zero-order valence-corrected chi connectivity index (χ0v) is 19.2. The Hall–Kier alpha value is -3.70. The molecule has 0 fully saturated rings. The smallest absolute Gasteiger partial charge is 0.296 e. The number of aliphatic hydroxyl groups excluding tert-OH is 1. The number of Topliss-reactive ketones (excluding diaryl/α,β-unsaturated/α-hetero) is 1. The molecule has 0 radical (unpaired) electrons. The lowest BCUT2D eigenvalue weighted by Crippen LogP contribution is -2.30. The van der Waals surface area contributed by atoms with Gasteiger partial charge in [-0.15, -0.1) is 10.2 Å². The number of anilines is 1. The van der Waals surface area contributed by atoms with Crippen molar-refractivity contribution in [3.05, 3.63) is 94.8 Å². The molecule has 11 heteroatoms. The average Bonchev–Trinajstić information content (AvgIpc) is 3.62. The maximum Gasteiger partial charge on any atom is 0.296 e. The molecule has 3 aromatic heterocycles. The van der Waals surface area contributed by atoms with Gasteiger partial charge in [0.25, 0.3) is 5.91 Å². The number of halogens is 1. The number of hydrogen-bond donors (Lipinski definition) is 1. The van der Waals surface area contributed by atoms with Crippen LogP contribution >= 0.6 is 23.1 Å². The number of furan rings is 2. The summed E-state index contributed by atoms with van der Waals surface area (Å²) in [5.74, 6) is -1.11. The molecule has 1 atom stereocenters. The van der Waals surface area contributed by atoms with E-state index in [1.807, 2.05) is 0 Å². The Morgan fingerprint density at radius 2 is 2.00 bits per heavy atom. The predicted molar refractivity (Wildman–Crippen MR) is 122 cm³/mol. The average molecular weight is 498 g/mol. The third kappa shape index (κ3) is 4.03. The molecule has 0 aliphatic carbocycles. The molecule has 1 N–H and O–H groups in total. The van der Waals surface area contributed by atoms with Gasteiger partial charge < -0.3 is 13.9 Å². The van der Waals surface area contributed by atoms with Gasteiger partial charge in [-0.25, -0.2) is 4.39 Å². The molecular weight excluding hydrogens is 481 g/mol. The Balaban J connectivity index is 1.45. The van der Waals surface area contributed by atoms with Gasteiger partial charge in [0, 0.05) is 5.75 Å². The molecule has 0 spiro atoms. The van der Waals surface area contributed by atoms with Crippen molar-refractivity contribution in [2.24, 2.45) is 0 Å². The minimum absolute atomic E-state index is 0.00179. The number of rotatable bonds is 7. The van der Waals surface area contributed by atoms with Crippen LogP contribution in [0.2, 0.25) is 0 Å². The number of aliphatic hydroxyl groups is 1. The minimum atomic E-state index is -1.04. The lowest BCUT2D eigenvalue weighted by atomic mass is 10.00. The number of carbonyl (C=O) groups excluding carboxylic acids is 2. The van der Waals surface area contributed by atoms with Crippen LogP contribution in [0.25, 0.3) is 0 Å². The van der Waals surface area contributed by atoms with Crippen LogP contribution in [-0.4, -0.2) is 27.0 Å². The molecule has 4 aromatic rings. The summed E-state index contributed by atoms with van der Waals surface area (Å²) < 4.78 is 24.6. The molecule has 0 saturated carbocycles. The Labute approximate surface area is 200 Å². The minimum Gasteiger partial charge on any atom is -0.503 e. The van der Waals surface area contributed by atoms with Gasteiger partial charge in [0.05, 0.1) is 11.8 Å². The van der Waals surface area contributed by atoms with Gasteiger partial charge in [-0.05, 0) is 48.9 Å². The Morgan fingerprint density at radius 1 is 1.21 bits per heavy atom. The van der Waals surface area contributed by atoms with Crippen molar-refractivity contribution in [2.45, 2.75) is 23.1 Å². The van der Waals surface area contributed by atoms with Crippen LogP contribution < -0.4 is 4.90 Å². The first-order valence-electron chi connectivity index (χ1n) is 10.0. The number of ketones is 1. The van der Waals surface area contributed by atoms with Crippen LogP contribution in [0.15, 0.2) is 79.3 Å². The molecule has 0 bridgehead atoms. The highest BCUT2D eigenvalue weighted by Crippen LogP contribution is 2.44. The normalized spacial score (nSPS) is 16.0. The van der Waals surface area contributed by atoms with Gasteiger partial charge in [0.15, 0.2) is 15.9 Å². The number of aryl methyl sites for hydroxylation is 1. The Kier molecular flexibility index (Phi) is 5.80. The highest BCUT2D eigenvalue weighted by atomic mass is 32.2. The lowest BCUT2D eigenvalue weighted by Gasteiger charge is -2.21. The van der Waals surface area contributed by atoms with Gasteiger partial charge in [0.2, 0.25) is 10.9 Å². The molecular formula is C23H16FN3O5S2. The second-order valence-corrected chi connectivity index (χ2v) is 9.54. The quantitative estimate of drug-likeness (QED) is 0.210. The van der Waals surface area contributed by atoms with Gasteiger partial charge in [-0.2, -0.15) is 0 Å². The van der Waals surface area contributed by atoms with E-state index in [0.29, 0.717) is 15.9 Å². The summed E-state index contributed by atoms with van der Waals surface area (Å²) in [5.41, 5.74) is 0.736. The van der Waals surface area contributed by atoms with Gasteiger partial charge in [0.1, 0.15) is 23.4 Å². The molecule has 1 amide bonds. The summed E-state index contributed by atoms with van der Waals surface area (Å²) in [4.78, 5) is 27.5. The molecule has 8 nitrogen and oxygen atoms in total. The number of nitrogens with zero attached hydrogens (tertiary/aromatic N) is 3. The zero-order chi connectivity index (χ0) is 23.8. The van der Waals surface area contributed by atoms with E-state index in [-0.39, 0.29) is 28.0 Å². The fraction of sp³-hybridized carbons (Fsp3) is 0.130. The summed E-state index contributed by atoms with van der Waals surface area (Å²) in [5, 5.41) is 19.1. The number of hydrogen-bond acceptors (Lipinski definition) is 9. The monoisotopic (exact) mass is 497 g/mol. The molecule has 1 aliphatic heterocycles. The zero-order valence-electron chi connectivity index (χ0n) is 17.6. The number of aromatic nitrogens is 2. The van der Waals surface area contributed by atoms with E-state index >= 15 is 0 Å². The van der Waals surface area contributed by atoms with Gasteiger partial charge in [-0.1, -0.05) is 35.2 Å². The third-order valence-electron chi connectivity index (χ3n) is 5.11. The maximum absolute atomic E-state index is 13.2. The van der Waals surface area contributed by atoms with Crippen molar-refractivity contribution in [3.63, 3.8) is 0 Å². The number of carbonyl (C=O) groups is 2. The van der Waals surface area contributed by atoms with E-state index in [1.165, 1.54) is 41.1 Å². The first-order valence-corrected chi connectivity index (χ1v) is 11.8. The highest BCUT2D eigenvalue weighted by molar-refractivity contribution is 8.00. The standard InChI is InChI=1S/C23H16FN3O5S2/c1-12-4-9-16(32-12)19(28)17-18(15-3-2-10-31-15)27(21(30)20(17)29)22-25-26-23(34-22)33-11-13-5-7-14(24)8-6-13/h2-10,18,29H,11H2,1H3. The van der Waals surface area contributed by atoms with Crippen LogP contribution in [0.4, 0.5) is 9.52 Å². The van der Waals surface area contributed by atoms with Crippen LogP contribution in [0.3, 0.4) is 0 Å². The van der Waals surface area contributed by atoms with Crippen molar-refractivity contribution in [3.8, 4) is 0 Å². The fourth-order valence-electron chi connectivity index (χ4n) is 3.52. The lowest BCUT2D eigenvalue weighted by molar-refractivity contribution is -0.117. The van der Waals surface area contributed by atoms with Gasteiger partial charge in [-0.3, -0.25) is 14.5 Å². The summed E-state index contributed by atoms with van der Waals surface area (Å²) in [7, 11) is 0. The van der Waals surface area contributed by atoms with Crippen LogP contribution in [0, 0.1) is 12.7 Å². The topological polar surface area (TPSA) is 110 Å². The maximum atomic E-state index is 13.2. The second-order valence-electron chi connectivity index (χ2n) is 7.36. The second kappa shape index (κ2) is 8.92. The first-order chi connectivity index (χ1) is 16.4. The molecule has 34 heavy (non-hydrogen) atoms. The molecule has 172 valence electrons. The summed E-state index contributed by atoms with van der Waals surface area (Å²) in [6, 6.07) is 11.4. The van der Waals surface area contributed by atoms with Crippen molar-refractivity contribution in [1.82, 2.24) is 10.2 Å². The van der Waals surface area contributed by atoms with E-state index in [2.05, 4.69) is 10.2 Å². The summed E-state index contributed by atoms with van der Waals surface area (Å²) in [6.45, 7) is 1.69. The molecule has 0 saturated heterocycles. The number of benzene rings is 1. The highest BCUT2D eigenvalue weighted by Gasteiger charge is 2.48. The van der Waals surface area contributed by atoms with E-state index in [4.69, 9.17) is 8.83 Å². The van der Waals surface area contributed by atoms with Crippen molar-refractivity contribution < 1.29 is 27.9 Å². The molecule has 4 heterocycles. The van der Waals surface area contributed by atoms with Crippen LogP contribution in [0.5, 0.6) is 0 Å². The third-order valence-corrected chi connectivity index (χ3v) is 7.23. The molecule has 1 unspecified atom stereocenters. The van der Waals surface area contributed by atoms with E-state index in [1.54, 1.807) is 37.3 Å². The molecule has 5 rings (SSSR count). The Morgan fingerprint density at radius 3 is 2.68 bits per heavy atom. The van der Waals surface area contributed by atoms with Crippen LogP contribution in [0.1, 0.15) is 33.7 Å². The number of thioether (sulfide) groups is 1. The molecule has 1 aliphatic rings. The van der Waals surface area contributed by atoms with E-state index in [9.17, 15) is 19.1 Å². The number of amides is 1. The van der Waals surface area contributed by atoms with Crippen molar-refractivity contribution in [1.29, 1.82) is 0 Å². The SMILES string of the molecule is Cc1ccc(C(=O)C2=C(O)C(=O)N(c3nnc(SCc4ccc(F)cc4)s3)C2c2ccco2)o1. The Bertz CT molecular complexity index is 1390. The van der Waals surface area contributed by atoms with Gasteiger partial charge >= 0.3 is 0 Å². The summed E-state index contributed by atoms with van der Waals surface area (Å²) in [6.07, 6.45) is 1.41. The van der Waals surface area contributed by atoms with E-state index < -0.39 is 23.5 Å².